The monoisotopic (exact) mass is 276 g/mol. The van der Waals surface area contributed by atoms with Crippen molar-refractivity contribution in [1.82, 2.24) is 5.32 Å². The van der Waals surface area contributed by atoms with Crippen LogP contribution in [0, 0.1) is 5.92 Å². The molecule has 0 heterocycles. The van der Waals surface area contributed by atoms with Crippen LogP contribution in [-0.2, 0) is 4.79 Å². The molecule has 3 atom stereocenters. The van der Waals surface area contributed by atoms with E-state index in [2.05, 4.69) is 11.9 Å². The molecule has 0 aromatic carbocycles. The Morgan fingerprint density at radius 3 is 2.78 bits per heavy atom. The molecule has 1 rings (SSSR count). The molecule has 0 spiro atoms. The normalized spacial score (nSPS) is 29.2. The van der Waals surface area contributed by atoms with Crippen LogP contribution in [-0.4, -0.2) is 29.5 Å². The average Bonchev–Trinajstić information content (AvgIpc) is 2.29. The Kier molecular flexibility index (Phi) is 5.17. The molecule has 0 aliphatic heterocycles. The smallest absolute Gasteiger partial charge is 0.221 e. The fourth-order valence-electron chi connectivity index (χ4n) is 2.09. The summed E-state index contributed by atoms with van der Waals surface area (Å²) in [5.41, 5.74) is 5.56. The maximum atomic E-state index is 13.7. The van der Waals surface area contributed by atoms with E-state index in [0.29, 0.717) is 25.0 Å². The third kappa shape index (κ3) is 3.95. The second-order valence-corrected chi connectivity index (χ2v) is 6.17. The Balaban J connectivity index is 2.53. The van der Waals surface area contributed by atoms with Gasteiger partial charge in [-0.2, -0.15) is 0 Å². The Bertz CT molecular complexity index is 333. The van der Waals surface area contributed by atoms with Gasteiger partial charge in [0.05, 0.1) is 5.38 Å². The Morgan fingerprint density at radius 1 is 1.61 bits per heavy atom. The van der Waals surface area contributed by atoms with Gasteiger partial charge in [-0.3, -0.25) is 4.79 Å². The Hall–Kier alpha value is -0.610. The minimum Gasteiger partial charge on any atom is -0.350 e. The van der Waals surface area contributed by atoms with Gasteiger partial charge in [0, 0.05) is 18.5 Å². The zero-order chi connectivity index (χ0) is 13.9. The van der Waals surface area contributed by atoms with Gasteiger partial charge in [0.1, 0.15) is 6.17 Å². The predicted octanol–water partition coefficient (Wildman–Crippen LogP) is 2.14. The Morgan fingerprint density at radius 2 is 2.22 bits per heavy atom. The molecule has 1 aliphatic carbocycles. The van der Waals surface area contributed by atoms with Gasteiger partial charge in [-0.25, -0.2) is 4.39 Å². The third-order valence-corrected chi connectivity index (χ3v) is 3.85. The molecule has 0 aromatic heterocycles. The molecule has 3 nitrogen and oxygen atoms in total. The molecular formula is C13H22ClFN2O. The minimum absolute atomic E-state index is 0.114. The maximum absolute atomic E-state index is 13.7. The number of carbonyl (C=O) groups is 1. The second kappa shape index (κ2) is 6.02. The number of amides is 1. The molecule has 0 saturated heterocycles. The van der Waals surface area contributed by atoms with Crippen molar-refractivity contribution in [3.05, 3.63) is 12.2 Å². The summed E-state index contributed by atoms with van der Waals surface area (Å²) in [4.78, 5) is 11.9. The molecule has 0 aromatic rings. The van der Waals surface area contributed by atoms with Crippen LogP contribution in [0.2, 0.25) is 0 Å². The number of nitrogens with two attached hydrogens (primary N) is 1. The average molecular weight is 277 g/mol. The van der Waals surface area contributed by atoms with Gasteiger partial charge >= 0.3 is 0 Å². The highest BCUT2D eigenvalue weighted by atomic mass is 35.5. The summed E-state index contributed by atoms with van der Waals surface area (Å²) in [6, 6.07) is 0. The first-order valence-corrected chi connectivity index (χ1v) is 6.68. The van der Waals surface area contributed by atoms with E-state index in [1.807, 2.05) is 13.8 Å². The van der Waals surface area contributed by atoms with Crippen molar-refractivity contribution in [3.63, 3.8) is 0 Å². The van der Waals surface area contributed by atoms with Gasteiger partial charge in [-0.15, -0.1) is 11.6 Å². The van der Waals surface area contributed by atoms with E-state index in [4.69, 9.17) is 17.3 Å². The summed E-state index contributed by atoms with van der Waals surface area (Å²) in [5.74, 6) is -0.236. The van der Waals surface area contributed by atoms with Gasteiger partial charge < -0.3 is 11.1 Å². The van der Waals surface area contributed by atoms with Crippen molar-refractivity contribution in [2.45, 2.75) is 50.2 Å². The Labute approximate surface area is 113 Å². The quantitative estimate of drug-likeness (QED) is 0.611. The van der Waals surface area contributed by atoms with Crippen LogP contribution in [0.4, 0.5) is 4.39 Å². The highest BCUT2D eigenvalue weighted by molar-refractivity contribution is 6.21. The van der Waals surface area contributed by atoms with Crippen LogP contribution < -0.4 is 11.1 Å². The molecule has 1 saturated carbocycles. The molecule has 0 radical (unpaired) electrons. The third-order valence-electron chi connectivity index (χ3n) is 3.41. The van der Waals surface area contributed by atoms with E-state index >= 15 is 0 Å². The van der Waals surface area contributed by atoms with Crippen molar-refractivity contribution < 1.29 is 9.18 Å². The SMILES string of the molecule is C=C1C(CC(=O)NC(C)(C)CN)CCC(Cl)C1F. The lowest BCUT2D eigenvalue weighted by atomic mass is 9.81. The number of hydrogen-bond donors (Lipinski definition) is 2. The zero-order valence-electron chi connectivity index (χ0n) is 11.0. The van der Waals surface area contributed by atoms with E-state index in [1.54, 1.807) is 0 Å². The van der Waals surface area contributed by atoms with Gasteiger partial charge in [0.25, 0.3) is 0 Å². The van der Waals surface area contributed by atoms with Crippen LogP contribution in [0.3, 0.4) is 0 Å². The van der Waals surface area contributed by atoms with E-state index in [0.717, 1.165) is 0 Å². The largest absolute Gasteiger partial charge is 0.350 e. The van der Waals surface area contributed by atoms with Gasteiger partial charge in [0.15, 0.2) is 0 Å². The summed E-state index contributed by atoms with van der Waals surface area (Å²) in [5, 5.41) is 2.34. The standard InChI is InChI=1S/C13H22ClFN2O/c1-8-9(4-5-10(14)12(8)15)6-11(18)17-13(2,3)7-16/h9-10,12H,1,4-7,16H2,2-3H3,(H,17,18). The van der Waals surface area contributed by atoms with Gasteiger partial charge in [-0.05, 0) is 38.2 Å². The van der Waals surface area contributed by atoms with Crippen molar-refractivity contribution in [2.75, 3.05) is 6.54 Å². The molecule has 3 N–H and O–H groups in total. The lowest BCUT2D eigenvalue weighted by molar-refractivity contribution is -0.123. The zero-order valence-corrected chi connectivity index (χ0v) is 11.8. The fraction of sp³-hybridized carbons (Fsp3) is 0.769. The lowest BCUT2D eigenvalue weighted by Gasteiger charge is -2.32. The molecule has 1 amide bonds. The molecule has 1 aliphatic rings. The second-order valence-electron chi connectivity index (χ2n) is 5.61. The lowest BCUT2D eigenvalue weighted by Crippen LogP contribution is -2.49. The van der Waals surface area contributed by atoms with Crippen molar-refractivity contribution >= 4 is 17.5 Å². The number of rotatable bonds is 4. The van der Waals surface area contributed by atoms with E-state index in [9.17, 15) is 9.18 Å². The van der Waals surface area contributed by atoms with Crippen molar-refractivity contribution in [1.29, 1.82) is 0 Å². The number of nitrogens with one attached hydrogen (secondary N) is 1. The van der Waals surface area contributed by atoms with Crippen molar-refractivity contribution in [3.8, 4) is 0 Å². The number of halogens is 2. The number of allylic oxidation sites excluding steroid dienone is 1. The fourth-order valence-corrected chi connectivity index (χ4v) is 2.37. The first-order valence-electron chi connectivity index (χ1n) is 6.24. The molecule has 5 heteroatoms. The molecule has 0 bridgehead atoms. The van der Waals surface area contributed by atoms with Crippen LogP contribution in [0.25, 0.3) is 0 Å². The summed E-state index contributed by atoms with van der Waals surface area (Å²) < 4.78 is 13.7. The first kappa shape index (κ1) is 15.4. The number of alkyl halides is 2. The van der Waals surface area contributed by atoms with E-state index < -0.39 is 17.1 Å². The number of carbonyl (C=O) groups excluding carboxylic acids is 1. The summed E-state index contributed by atoms with van der Waals surface area (Å²) >= 11 is 5.84. The summed E-state index contributed by atoms with van der Waals surface area (Å²) in [6.45, 7) is 7.80. The highest BCUT2D eigenvalue weighted by Crippen LogP contribution is 2.35. The maximum Gasteiger partial charge on any atom is 0.221 e. The minimum atomic E-state index is -1.21. The van der Waals surface area contributed by atoms with E-state index in [1.165, 1.54) is 0 Å². The van der Waals surface area contributed by atoms with Crippen LogP contribution in [0.1, 0.15) is 33.1 Å². The van der Waals surface area contributed by atoms with E-state index in [-0.39, 0.29) is 18.2 Å². The first-order chi connectivity index (χ1) is 8.26. The predicted molar refractivity (Wildman–Crippen MR) is 72.3 cm³/mol. The summed E-state index contributed by atoms with van der Waals surface area (Å²) in [6.07, 6.45) is 0.344. The van der Waals surface area contributed by atoms with Crippen molar-refractivity contribution in [2.24, 2.45) is 11.7 Å². The van der Waals surface area contributed by atoms with Crippen LogP contribution in [0.15, 0.2) is 12.2 Å². The molecule has 104 valence electrons. The summed E-state index contributed by atoms with van der Waals surface area (Å²) in [7, 11) is 0. The molecule has 1 fully saturated rings. The topological polar surface area (TPSA) is 55.1 Å². The molecule has 3 unspecified atom stereocenters. The van der Waals surface area contributed by atoms with Gasteiger partial charge in [0.2, 0.25) is 5.91 Å². The molecule has 18 heavy (non-hydrogen) atoms. The number of hydrogen-bond acceptors (Lipinski definition) is 2. The van der Waals surface area contributed by atoms with Gasteiger partial charge in [-0.1, -0.05) is 6.58 Å². The van der Waals surface area contributed by atoms with Crippen LogP contribution in [0.5, 0.6) is 0 Å². The van der Waals surface area contributed by atoms with Crippen LogP contribution >= 0.6 is 11.6 Å². The highest BCUT2D eigenvalue weighted by Gasteiger charge is 2.34. The molecular weight excluding hydrogens is 255 g/mol.